The number of primary amides is 1. The van der Waals surface area contributed by atoms with Crippen molar-refractivity contribution < 1.29 is 28.7 Å². The first-order chi connectivity index (χ1) is 21.0. The Bertz CT molecular complexity index is 963. The molecule has 1 aromatic carbocycles. The maximum atomic E-state index is 14.1. The molecular weight excluding hydrogens is 558 g/mol. The zero-order chi connectivity index (χ0) is 32.8. The molecule has 44 heavy (non-hydrogen) atoms. The summed E-state index contributed by atoms with van der Waals surface area (Å²) in [6, 6.07) is 8.15. The lowest BCUT2D eigenvalue weighted by Crippen LogP contribution is -2.53. The van der Waals surface area contributed by atoms with Crippen LogP contribution in [0.4, 0.5) is 4.79 Å². The van der Waals surface area contributed by atoms with Gasteiger partial charge in [-0.1, -0.05) is 102 Å². The summed E-state index contributed by atoms with van der Waals surface area (Å²) in [7, 11) is 0. The number of amides is 3. The molecule has 0 aromatic heterocycles. The standard InChI is InChI=1S/C35H59N3O6/c1-6-8-10-11-12-13-17-22-29(26-31(36)39)38(25-18-9-7-2)33(41)30(37-34(42)44-35(3,4)5)23-19-24-32(40)43-27-28-20-15-14-16-21-28/h14-16,20-21,29-30H,6-13,17-19,22-27H2,1-5H3,(H2,36,39)(H,37,42)/t29-,30-/m0/s1. The van der Waals surface area contributed by atoms with E-state index in [0.717, 1.165) is 44.1 Å². The lowest BCUT2D eigenvalue weighted by molar-refractivity contribution is -0.145. The average molecular weight is 618 g/mol. The van der Waals surface area contributed by atoms with Crippen LogP contribution in [-0.4, -0.2) is 53.0 Å². The molecular formula is C35H59N3O6. The van der Waals surface area contributed by atoms with E-state index in [4.69, 9.17) is 15.2 Å². The van der Waals surface area contributed by atoms with Gasteiger partial charge in [-0.15, -0.1) is 0 Å². The Labute approximate surface area is 266 Å². The molecule has 3 N–H and O–H groups in total. The van der Waals surface area contributed by atoms with E-state index < -0.39 is 23.6 Å². The van der Waals surface area contributed by atoms with Crippen molar-refractivity contribution in [2.75, 3.05) is 6.54 Å². The quantitative estimate of drug-likeness (QED) is 0.0988. The first-order valence-electron chi connectivity index (χ1n) is 16.7. The third kappa shape index (κ3) is 18.5. The van der Waals surface area contributed by atoms with Gasteiger partial charge in [-0.3, -0.25) is 14.4 Å². The maximum Gasteiger partial charge on any atom is 0.408 e. The Balaban J connectivity index is 3.02. The molecule has 1 rings (SSSR count). The van der Waals surface area contributed by atoms with E-state index in [1.807, 2.05) is 30.3 Å². The Kier molecular flexibility index (Phi) is 19.8. The van der Waals surface area contributed by atoms with Crippen molar-refractivity contribution >= 4 is 23.9 Å². The van der Waals surface area contributed by atoms with Gasteiger partial charge >= 0.3 is 12.1 Å². The number of benzene rings is 1. The van der Waals surface area contributed by atoms with E-state index in [1.54, 1.807) is 25.7 Å². The molecule has 1 aromatic rings. The second-order valence-electron chi connectivity index (χ2n) is 12.7. The summed E-state index contributed by atoms with van der Waals surface area (Å²) in [4.78, 5) is 53.3. The lowest BCUT2D eigenvalue weighted by atomic mass is 9.99. The molecule has 9 heteroatoms. The van der Waals surface area contributed by atoms with Crippen molar-refractivity contribution in [1.29, 1.82) is 0 Å². The van der Waals surface area contributed by atoms with Gasteiger partial charge in [0.2, 0.25) is 11.8 Å². The lowest BCUT2D eigenvalue weighted by Gasteiger charge is -2.35. The molecule has 0 aliphatic carbocycles. The number of hydrogen-bond donors (Lipinski definition) is 2. The fourth-order valence-electron chi connectivity index (χ4n) is 5.11. The van der Waals surface area contributed by atoms with E-state index in [0.29, 0.717) is 19.4 Å². The molecule has 0 saturated carbocycles. The minimum absolute atomic E-state index is 0.0681. The molecule has 0 heterocycles. The Morgan fingerprint density at radius 1 is 0.841 bits per heavy atom. The van der Waals surface area contributed by atoms with Gasteiger partial charge in [-0.05, 0) is 52.0 Å². The van der Waals surface area contributed by atoms with E-state index in [9.17, 15) is 19.2 Å². The van der Waals surface area contributed by atoms with E-state index >= 15 is 0 Å². The van der Waals surface area contributed by atoms with E-state index in [-0.39, 0.29) is 43.8 Å². The third-order valence-electron chi connectivity index (χ3n) is 7.41. The van der Waals surface area contributed by atoms with Gasteiger partial charge in [0.25, 0.3) is 0 Å². The largest absolute Gasteiger partial charge is 0.461 e. The van der Waals surface area contributed by atoms with Crippen LogP contribution in [0.1, 0.15) is 136 Å². The number of carbonyl (C=O) groups is 4. The summed E-state index contributed by atoms with van der Waals surface area (Å²) in [5.74, 6) is -1.11. The molecule has 0 fully saturated rings. The predicted octanol–water partition coefficient (Wildman–Crippen LogP) is 7.20. The van der Waals surface area contributed by atoms with Crippen LogP contribution in [0.2, 0.25) is 0 Å². The Morgan fingerprint density at radius 2 is 1.45 bits per heavy atom. The number of ether oxygens (including phenoxy) is 2. The van der Waals surface area contributed by atoms with Crippen molar-refractivity contribution in [3.05, 3.63) is 35.9 Å². The second kappa shape index (κ2) is 22.4. The molecule has 0 aliphatic rings. The van der Waals surface area contributed by atoms with Gasteiger partial charge in [0.15, 0.2) is 0 Å². The number of carbonyl (C=O) groups excluding carboxylic acids is 4. The molecule has 0 aliphatic heterocycles. The normalized spacial score (nSPS) is 12.7. The summed E-state index contributed by atoms with van der Waals surface area (Å²) in [5.41, 5.74) is 5.81. The fourth-order valence-corrected chi connectivity index (χ4v) is 5.11. The SMILES string of the molecule is CCCCCCCCC[C@@H](CC(N)=O)N(CCCCC)C(=O)[C@H](CCCC(=O)OCc1ccccc1)NC(=O)OC(C)(C)C. The van der Waals surface area contributed by atoms with Gasteiger partial charge in [-0.25, -0.2) is 4.79 Å². The molecule has 0 unspecified atom stereocenters. The highest BCUT2D eigenvalue weighted by Crippen LogP contribution is 2.20. The number of esters is 1. The van der Waals surface area contributed by atoms with Crippen molar-refractivity contribution in [1.82, 2.24) is 10.2 Å². The maximum absolute atomic E-state index is 14.1. The van der Waals surface area contributed by atoms with Gasteiger partial charge in [0.1, 0.15) is 18.2 Å². The van der Waals surface area contributed by atoms with Crippen LogP contribution >= 0.6 is 0 Å². The number of nitrogens with one attached hydrogen (secondary N) is 1. The monoisotopic (exact) mass is 617 g/mol. The van der Waals surface area contributed by atoms with E-state index in [1.165, 1.54) is 25.7 Å². The molecule has 3 amide bonds. The minimum atomic E-state index is -0.919. The molecule has 0 radical (unpaired) electrons. The molecule has 250 valence electrons. The number of rotatable bonds is 23. The van der Waals surface area contributed by atoms with Gasteiger partial charge in [0.05, 0.1) is 0 Å². The van der Waals surface area contributed by atoms with Gasteiger partial charge in [-0.2, -0.15) is 0 Å². The van der Waals surface area contributed by atoms with Crippen LogP contribution in [0.15, 0.2) is 30.3 Å². The summed E-state index contributed by atoms with van der Waals surface area (Å²) in [6.45, 7) is 10.2. The van der Waals surface area contributed by atoms with E-state index in [2.05, 4.69) is 19.2 Å². The first-order valence-corrected chi connectivity index (χ1v) is 16.7. The van der Waals surface area contributed by atoms with Crippen molar-refractivity contribution in [3.8, 4) is 0 Å². The Morgan fingerprint density at radius 3 is 2.07 bits per heavy atom. The van der Waals surface area contributed by atoms with Crippen LogP contribution in [-0.2, 0) is 30.5 Å². The van der Waals surface area contributed by atoms with Crippen molar-refractivity contribution in [3.63, 3.8) is 0 Å². The molecule has 0 spiro atoms. The Hall–Kier alpha value is -3.10. The number of unbranched alkanes of at least 4 members (excludes halogenated alkanes) is 8. The second-order valence-corrected chi connectivity index (χ2v) is 12.7. The number of alkyl carbamates (subject to hydrolysis) is 1. The smallest absolute Gasteiger partial charge is 0.408 e. The highest BCUT2D eigenvalue weighted by Gasteiger charge is 2.32. The average Bonchev–Trinajstić information content (AvgIpc) is 2.96. The zero-order valence-corrected chi connectivity index (χ0v) is 28.0. The predicted molar refractivity (Wildman–Crippen MR) is 175 cm³/mol. The van der Waals surface area contributed by atoms with Crippen LogP contribution < -0.4 is 11.1 Å². The highest BCUT2D eigenvalue weighted by atomic mass is 16.6. The third-order valence-corrected chi connectivity index (χ3v) is 7.41. The zero-order valence-electron chi connectivity index (χ0n) is 28.0. The fraction of sp³-hybridized carbons (Fsp3) is 0.714. The number of nitrogens with two attached hydrogens (primary N) is 1. The molecule has 0 saturated heterocycles. The first kappa shape index (κ1) is 38.9. The minimum Gasteiger partial charge on any atom is -0.461 e. The molecule has 9 nitrogen and oxygen atoms in total. The topological polar surface area (TPSA) is 128 Å². The van der Waals surface area contributed by atoms with Crippen molar-refractivity contribution in [2.45, 2.75) is 155 Å². The summed E-state index contributed by atoms with van der Waals surface area (Å²) in [5, 5.41) is 2.76. The van der Waals surface area contributed by atoms with Gasteiger partial charge < -0.3 is 25.4 Å². The summed E-state index contributed by atoms with van der Waals surface area (Å²) in [6.07, 6.45) is 11.3. The van der Waals surface area contributed by atoms with Crippen LogP contribution in [0.5, 0.6) is 0 Å². The van der Waals surface area contributed by atoms with Crippen LogP contribution in [0.25, 0.3) is 0 Å². The summed E-state index contributed by atoms with van der Waals surface area (Å²) >= 11 is 0. The number of hydrogen-bond acceptors (Lipinski definition) is 6. The van der Waals surface area contributed by atoms with Crippen LogP contribution in [0.3, 0.4) is 0 Å². The van der Waals surface area contributed by atoms with Crippen LogP contribution in [0, 0.1) is 0 Å². The highest BCUT2D eigenvalue weighted by molar-refractivity contribution is 5.86. The van der Waals surface area contributed by atoms with Crippen molar-refractivity contribution in [2.24, 2.45) is 5.73 Å². The van der Waals surface area contributed by atoms with Gasteiger partial charge in [0, 0.05) is 25.4 Å². The molecule has 2 atom stereocenters. The summed E-state index contributed by atoms with van der Waals surface area (Å²) < 4.78 is 10.9. The molecule has 0 bridgehead atoms. The number of nitrogens with zero attached hydrogens (tertiary/aromatic N) is 1.